The van der Waals surface area contributed by atoms with E-state index < -0.39 is 0 Å². The molecule has 0 atom stereocenters. The molecule has 1 aromatic carbocycles. The lowest BCUT2D eigenvalue weighted by molar-refractivity contribution is -0.116. The third kappa shape index (κ3) is 4.69. The molecule has 1 aromatic heterocycles. The third-order valence-corrected chi connectivity index (χ3v) is 4.34. The first-order valence-corrected chi connectivity index (χ1v) is 8.52. The molecular weight excluding hydrogens is 324 g/mol. The molecule has 1 amide bonds. The molecule has 126 valence electrons. The molecule has 0 aliphatic carbocycles. The van der Waals surface area contributed by atoms with E-state index in [0.717, 1.165) is 44.2 Å². The van der Waals surface area contributed by atoms with E-state index in [1.165, 1.54) is 0 Å². The molecule has 1 aliphatic heterocycles. The summed E-state index contributed by atoms with van der Waals surface area (Å²) in [6.07, 6.45) is 2.30. The average molecular weight is 345 g/mol. The summed E-state index contributed by atoms with van der Waals surface area (Å²) in [7, 11) is 0. The maximum Gasteiger partial charge on any atom is 0.225 e. The number of nitrogens with zero attached hydrogens (tertiary/aromatic N) is 3. The van der Waals surface area contributed by atoms with Crippen LogP contribution in [0.2, 0.25) is 5.02 Å². The van der Waals surface area contributed by atoms with Crippen LogP contribution in [0.25, 0.3) is 0 Å². The molecule has 0 radical (unpaired) electrons. The van der Waals surface area contributed by atoms with Crippen LogP contribution in [0.15, 0.2) is 48.7 Å². The SMILES string of the molecule is O=C(CCN1CCN(c2ccccn2)CC1)Nc1cccc(Cl)c1. The Morgan fingerprint density at radius 2 is 1.96 bits per heavy atom. The zero-order valence-electron chi connectivity index (χ0n) is 13.5. The van der Waals surface area contributed by atoms with Gasteiger partial charge in [0.05, 0.1) is 0 Å². The van der Waals surface area contributed by atoms with Crippen molar-refractivity contribution >= 4 is 29.0 Å². The Morgan fingerprint density at radius 1 is 1.12 bits per heavy atom. The fraction of sp³-hybridized carbons (Fsp3) is 0.333. The zero-order chi connectivity index (χ0) is 16.8. The first-order valence-electron chi connectivity index (χ1n) is 8.14. The van der Waals surface area contributed by atoms with E-state index in [2.05, 4.69) is 20.1 Å². The van der Waals surface area contributed by atoms with Crippen LogP contribution in [-0.4, -0.2) is 48.5 Å². The monoisotopic (exact) mass is 344 g/mol. The van der Waals surface area contributed by atoms with Crippen molar-refractivity contribution in [2.75, 3.05) is 42.9 Å². The quantitative estimate of drug-likeness (QED) is 0.906. The predicted octanol–water partition coefficient (Wildman–Crippen LogP) is 2.89. The van der Waals surface area contributed by atoms with Crippen molar-refractivity contribution in [3.63, 3.8) is 0 Å². The lowest BCUT2D eigenvalue weighted by Gasteiger charge is -2.35. The molecule has 1 saturated heterocycles. The van der Waals surface area contributed by atoms with Crippen LogP contribution in [0.1, 0.15) is 6.42 Å². The standard InChI is InChI=1S/C18H21ClN4O/c19-15-4-3-5-16(14-15)21-18(24)7-9-22-10-12-23(13-11-22)17-6-1-2-8-20-17/h1-6,8,14H,7,9-13H2,(H,21,24). The minimum Gasteiger partial charge on any atom is -0.354 e. The number of piperazine rings is 1. The smallest absolute Gasteiger partial charge is 0.225 e. The van der Waals surface area contributed by atoms with E-state index in [1.807, 2.05) is 36.5 Å². The Kier molecular flexibility index (Phi) is 5.67. The van der Waals surface area contributed by atoms with Crippen LogP contribution in [0.5, 0.6) is 0 Å². The van der Waals surface area contributed by atoms with E-state index in [0.29, 0.717) is 11.4 Å². The lowest BCUT2D eigenvalue weighted by atomic mass is 10.2. The first-order chi connectivity index (χ1) is 11.7. The Bertz CT molecular complexity index is 672. The van der Waals surface area contributed by atoms with E-state index >= 15 is 0 Å². The van der Waals surface area contributed by atoms with Crippen LogP contribution in [-0.2, 0) is 4.79 Å². The number of rotatable bonds is 5. The summed E-state index contributed by atoms with van der Waals surface area (Å²) in [5.41, 5.74) is 0.743. The van der Waals surface area contributed by atoms with E-state index in [1.54, 1.807) is 12.1 Å². The Balaban J connectivity index is 1.41. The van der Waals surface area contributed by atoms with Crippen molar-refractivity contribution in [1.29, 1.82) is 0 Å². The Labute approximate surface area is 147 Å². The Morgan fingerprint density at radius 3 is 2.67 bits per heavy atom. The molecule has 0 bridgehead atoms. The van der Waals surface area contributed by atoms with Gasteiger partial charge in [0.2, 0.25) is 5.91 Å². The highest BCUT2D eigenvalue weighted by atomic mass is 35.5. The van der Waals surface area contributed by atoms with Gasteiger partial charge >= 0.3 is 0 Å². The lowest BCUT2D eigenvalue weighted by Crippen LogP contribution is -2.47. The van der Waals surface area contributed by atoms with Gasteiger partial charge in [0, 0.05) is 56.1 Å². The first kappa shape index (κ1) is 16.7. The summed E-state index contributed by atoms with van der Waals surface area (Å²) >= 11 is 5.92. The fourth-order valence-corrected chi connectivity index (χ4v) is 2.98. The highest BCUT2D eigenvalue weighted by Gasteiger charge is 2.18. The predicted molar refractivity (Wildman–Crippen MR) is 97.6 cm³/mol. The summed E-state index contributed by atoms with van der Waals surface area (Å²) in [4.78, 5) is 21.0. The van der Waals surface area contributed by atoms with E-state index in [9.17, 15) is 4.79 Å². The summed E-state index contributed by atoms with van der Waals surface area (Å²) in [5.74, 6) is 1.04. The van der Waals surface area contributed by atoms with Crippen LogP contribution in [0.4, 0.5) is 11.5 Å². The number of nitrogens with one attached hydrogen (secondary N) is 1. The molecule has 1 aliphatic rings. The van der Waals surface area contributed by atoms with Crippen molar-refractivity contribution < 1.29 is 4.79 Å². The summed E-state index contributed by atoms with van der Waals surface area (Å²) in [6, 6.07) is 13.2. The third-order valence-electron chi connectivity index (χ3n) is 4.11. The summed E-state index contributed by atoms with van der Waals surface area (Å²) in [5, 5.41) is 3.51. The van der Waals surface area contributed by atoms with Gasteiger partial charge in [-0.2, -0.15) is 0 Å². The maximum atomic E-state index is 12.1. The fourth-order valence-electron chi connectivity index (χ4n) is 2.79. The molecule has 0 unspecified atom stereocenters. The van der Waals surface area contributed by atoms with Crippen molar-refractivity contribution in [3.05, 3.63) is 53.7 Å². The van der Waals surface area contributed by atoms with Gasteiger partial charge in [-0.25, -0.2) is 4.98 Å². The second-order valence-electron chi connectivity index (χ2n) is 5.83. The van der Waals surface area contributed by atoms with Crippen LogP contribution < -0.4 is 10.2 Å². The van der Waals surface area contributed by atoms with Gasteiger partial charge in [-0.3, -0.25) is 9.69 Å². The molecule has 0 spiro atoms. The van der Waals surface area contributed by atoms with Crippen molar-refractivity contribution in [2.45, 2.75) is 6.42 Å². The van der Waals surface area contributed by atoms with Crippen molar-refractivity contribution in [3.8, 4) is 0 Å². The molecule has 3 rings (SSSR count). The average Bonchev–Trinajstić information content (AvgIpc) is 2.61. The normalized spacial score (nSPS) is 15.3. The number of amides is 1. The zero-order valence-corrected chi connectivity index (χ0v) is 14.2. The number of carbonyl (C=O) groups is 1. The molecular formula is C18H21ClN4O. The number of benzene rings is 1. The minimum atomic E-state index is 0.0180. The van der Waals surface area contributed by atoms with Gasteiger partial charge in [0.25, 0.3) is 0 Å². The minimum absolute atomic E-state index is 0.0180. The molecule has 24 heavy (non-hydrogen) atoms. The van der Waals surface area contributed by atoms with Gasteiger partial charge in [-0.15, -0.1) is 0 Å². The van der Waals surface area contributed by atoms with Crippen LogP contribution in [0.3, 0.4) is 0 Å². The number of halogens is 1. The molecule has 5 nitrogen and oxygen atoms in total. The molecule has 1 N–H and O–H groups in total. The van der Waals surface area contributed by atoms with E-state index in [4.69, 9.17) is 11.6 Å². The molecule has 1 fully saturated rings. The molecule has 0 saturated carbocycles. The molecule has 6 heteroatoms. The highest BCUT2D eigenvalue weighted by molar-refractivity contribution is 6.30. The summed E-state index contributed by atoms with van der Waals surface area (Å²) in [6.45, 7) is 4.53. The number of aromatic nitrogens is 1. The van der Waals surface area contributed by atoms with Crippen LogP contribution in [0, 0.1) is 0 Å². The summed E-state index contributed by atoms with van der Waals surface area (Å²) < 4.78 is 0. The number of pyridine rings is 1. The second-order valence-corrected chi connectivity index (χ2v) is 6.26. The van der Waals surface area contributed by atoms with Gasteiger partial charge in [0.15, 0.2) is 0 Å². The number of carbonyl (C=O) groups excluding carboxylic acids is 1. The number of anilines is 2. The van der Waals surface area contributed by atoms with Crippen molar-refractivity contribution in [2.24, 2.45) is 0 Å². The van der Waals surface area contributed by atoms with Gasteiger partial charge in [-0.05, 0) is 30.3 Å². The van der Waals surface area contributed by atoms with E-state index in [-0.39, 0.29) is 5.91 Å². The van der Waals surface area contributed by atoms with Gasteiger partial charge in [0.1, 0.15) is 5.82 Å². The second kappa shape index (κ2) is 8.13. The van der Waals surface area contributed by atoms with Crippen LogP contribution >= 0.6 is 11.6 Å². The van der Waals surface area contributed by atoms with Crippen molar-refractivity contribution in [1.82, 2.24) is 9.88 Å². The topological polar surface area (TPSA) is 48.5 Å². The largest absolute Gasteiger partial charge is 0.354 e. The van der Waals surface area contributed by atoms with Gasteiger partial charge in [-0.1, -0.05) is 23.7 Å². The Hall–Kier alpha value is -2.11. The number of hydrogen-bond donors (Lipinski definition) is 1. The highest BCUT2D eigenvalue weighted by Crippen LogP contribution is 2.15. The number of hydrogen-bond acceptors (Lipinski definition) is 4. The maximum absolute atomic E-state index is 12.1. The molecule has 2 aromatic rings. The van der Waals surface area contributed by atoms with Gasteiger partial charge < -0.3 is 10.2 Å². The molecule has 2 heterocycles.